The SMILES string of the molecule is CC(=O)Nc1ccc(CC(=O)OCC(=O)N(C)C)cc1. The molecule has 0 radical (unpaired) electrons. The molecule has 1 N–H and O–H groups in total. The van der Waals surface area contributed by atoms with Gasteiger partial charge in [0.25, 0.3) is 5.91 Å². The number of carbonyl (C=O) groups excluding carboxylic acids is 3. The van der Waals surface area contributed by atoms with E-state index < -0.39 is 5.97 Å². The molecular formula is C14H18N2O4. The number of amides is 2. The van der Waals surface area contributed by atoms with Crippen LogP contribution >= 0.6 is 0 Å². The molecule has 0 heterocycles. The first kappa shape index (κ1) is 15.7. The van der Waals surface area contributed by atoms with E-state index in [0.717, 1.165) is 5.56 Å². The maximum absolute atomic E-state index is 11.5. The lowest BCUT2D eigenvalue weighted by atomic mass is 10.1. The summed E-state index contributed by atoms with van der Waals surface area (Å²) in [6, 6.07) is 6.85. The Bertz CT molecular complexity index is 494. The van der Waals surface area contributed by atoms with E-state index >= 15 is 0 Å². The van der Waals surface area contributed by atoms with Gasteiger partial charge in [-0.15, -0.1) is 0 Å². The molecule has 0 bridgehead atoms. The molecule has 0 spiro atoms. The van der Waals surface area contributed by atoms with Crippen molar-refractivity contribution in [2.24, 2.45) is 0 Å². The molecule has 6 nitrogen and oxygen atoms in total. The van der Waals surface area contributed by atoms with Crippen LogP contribution in [-0.4, -0.2) is 43.4 Å². The number of ether oxygens (including phenoxy) is 1. The van der Waals surface area contributed by atoms with Crippen molar-refractivity contribution in [3.05, 3.63) is 29.8 Å². The molecule has 0 aliphatic heterocycles. The maximum atomic E-state index is 11.5. The van der Waals surface area contributed by atoms with Crippen molar-refractivity contribution in [3.8, 4) is 0 Å². The Morgan fingerprint density at radius 2 is 1.75 bits per heavy atom. The zero-order valence-corrected chi connectivity index (χ0v) is 11.8. The predicted molar refractivity (Wildman–Crippen MR) is 74.1 cm³/mol. The first-order chi connectivity index (χ1) is 9.38. The van der Waals surface area contributed by atoms with Crippen molar-refractivity contribution >= 4 is 23.5 Å². The summed E-state index contributed by atoms with van der Waals surface area (Å²) in [4.78, 5) is 35.0. The summed E-state index contributed by atoms with van der Waals surface area (Å²) in [5.41, 5.74) is 1.42. The second kappa shape index (κ2) is 7.28. The fraction of sp³-hybridized carbons (Fsp3) is 0.357. The number of rotatable bonds is 5. The van der Waals surface area contributed by atoms with Crippen LogP contribution in [0.25, 0.3) is 0 Å². The molecule has 0 fully saturated rings. The lowest BCUT2D eigenvalue weighted by molar-refractivity contribution is -0.150. The van der Waals surface area contributed by atoms with Crippen LogP contribution in [0.2, 0.25) is 0 Å². The summed E-state index contributed by atoms with van der Waals surface area (Å²) in [6.07, 6.45) is 0.0844. The summed E-state index contributed by atoms with van der Waals surface area (Å²) < 4.78 is 4.86. The molecule has 6 heteroatoms. The number of benzene rings is 1. The zero-order chi connectivity index (χ0) is 15.1. The van der Waals surface area contributed by atoms with Crippen molar-refractivity contribution < 1.29 is 19.1 Å². The van der Waals surface area contributed by atoms with Crippen LogP contribution in [0.5, 0.6) is 0 Å². The number of nitrogens with zero attached hydrogens (tertiary/aromatic N) is 1. The van der Waals surface area contributed by atoms with Crippen LogP contribution in [0.4, 0.5) is 5.69 Å². The van der Waals surface area contributed by atoms with Gasteiger partial charge in [0.05, 0.1) is 6.42 Å². The molecule has 0 aliphatic rings. The average Bonchev–Trinajstić information content (AvgIpc) is 2.37. The first-order valence-corrected chi connectivity index (χ1v) is 6.11. The molecule has 1 aromatic rings. The van der Waals surface area contributed by atoms with Gasteiger partial charge in [-0.05, 0) is 17.7 Å². The van der Waals surface area contributed by atoms with Gasteiger partial charge in [-0.3, -0.25) is 14.4 Å². The van der Waals surface area contributed by atoms with E-state index in [9.17, 15) is 14.4 Å². The third-order valence-electron chi connectivity index (χ3n) is 2.48. The van der Waals surface area contributed by atoms with Crippen molar-refractivity contribution in [2.75, 3.05) is 26.0 Å². The number of anilines is 1. The molecule has 1 rings (SSSR count). The van der Waals surface area contributed by atoms with Crippen LogP contribution in [0.15, 0.2) is 24.3 Å². The number of hydrogen-bond donors (Lipinski definition) is 1. The first-order valence-electron chi connectivity index (χ1n) is 6.11. The van der Waals surface area contributed by atoms with Crippen molar-refractivity contribution in [2.45, 2.75) is 13.3 Å². The van der Waals surface area contributed by atoms with Gasteiger partial charge in [0.2, 0.25) is 5.91 Å². The van der Waals surface area contributed by atoms with Gasteiger partial charge in [0, 0.05) is 26.7 Å². The number of hydrogen-bond acceptors (Lipinski definition) is 4. The lowest BCUT2D eigenvalue weighted by Crippen LogP contribution is -2.27. The summed E-state index contributed by atoms with van der Waals surface area (Å²) in [5, 5.41) is 2.63. The predicted octanol–water partition coefficient (Wildman–Crippen LogP) is 0.819. The maximum Gasteiger partial charge on any atom is 0.310 e. The molecule has 20 heavy (non-hydrogen) atoms. The van der Waals surface area contributed by atoms with Crippen LogP contribution in [-0.2, 0) is 25.5 Å². The van der Waals surface area contributed by atoms with Crippen molar-refractivity contribution in [3.63, 3.8) is 0 Å². The summed E-state index contributed by atoms with van der Waals surface area (Å²) in [5.74, 6) is -0.883. The largest absolute Gasteiger partial charge is 0.455 e. The van der Waals surface area contributed by atoms with Gasteiger partial charge < -0.3 is 15.0 Å². The van der Waals surface area contributed by atoms with E-state index in [4.69, 9.17) is 4.74 Å². The Labute approximate surface area is 117 Å². The smallest absolute Gasteiger partial charge is 0.310 e. The van der Waals surface area contributed by atoms with Gasteiger partial charge in [-0.1, -0.05) is 12.1 Å². The van der Waals surface area contributed by atoms with E-state index in [1.165, 1.54) is 11.8 Å². The highest BCUT2D eigenvalue weighted by Crippen LogP contribution is 2.10. The molecule has 1 aromatic carbocycles. The number of nitrogens with one attached hydrogen (secondary N) is 1. The van der Waals surface area contributed by atoms with Crippen LogP contribution < -0.4 is 5.32 Å². The standard InChI is InChI=1S/C14H18N2O4/c1-10(17)15-12-6-4-11(5-7-12)8-14(19)20-9-13(18)16(2)3/h4-7H,8-9H2,1-3H3,(H,15,17). The monoisotopic (exact) mass is 278 g/mol. The number of likely N-dealkylation sites (N-methyl/N-ethyl adjacent to an activating group) is 1. The normalized spacial score (nSPS) is 9.75. The van der Waals surface area contributed by atoms with Gasteiger partial charge >= 0.3 is 5.97 Å². The van der Waals surface area contributed by atoms with Crippen molar-refractivity contribution in [1.29, 1.82) is 0 Å². The molecule has 2 amide bonds. The number of carbonyl (C=O) groups is 3. The fourth-order valence-corrected chi connectivity index (χ4v) is 1.40. The highest BCUT2D eigenvalue weighted by Gasteiger charge is 2.09. The minimum Gasteiger partial charge on any atom is -0.455 e. The van der Waals surface area contributed by atoms with E-state index in [-0.39, 0.29) is 24.8 Å². The van der Waals surface area contributed by atoms with E-state index in [1.807, 2.05) is 0 Å². The molecule has 0 saturated carbocycles. The molecule has 0 atom stereocenters. The topological polar surface area (TPSA) is 75.7 Å². The minimum atomic E-state index is -0.465. The van der Waals surface area contributed by atoms with Gasteiger partial charge in [-0.25, -0.2) is 0 Å². The highest BCUT2D eigenvalue weighted by molar-refractivity contribution is 5.88. The summed E-state index contributed by atoms with van der Waals surface area (Å²) >= 11 is 0. The van der Waals surface area contributed by atoms with Crippen LogP contribution in [0.3, 0.4) is 0 Å². The van der Waals surface area contributed by atoms with E-state index in [0.29, 0.717) is 5.69 Å². The molecule has 108 valence electrons. The Morgan fingerprint density at radius 1 is 1.15 bits per heavy atom. The Hall–Kier alpha value is -2.37. The van der Waals surface area contributed by atoms with Crippen LogP contribution in [0.1, 0.15) is 12.5 Å². The molecular weight excluding hydrogens is 260 g/mol. The summed E-state index contributed by atoms with van der Waals surface area (Å²) in [7, 11) is 3.19. The third-order valence-corrected chi connectivity index (χ3v) is 2.48. The second-order valence-corrected chi connectivity index (χ2v) is 4.50. The van der Waals surface area contributed by atoms with Crippen LogP contribution in [0, 0.1) is 0 Å². The highest BCUT2D eigenvalue weighted by atomic mass is 16.5. The second-order valence-electron chi connectivity index (χ2n) is 4.50. The summed E-state index contributed by atoms with van der Waals surface area (Å²) in [6.45, 7) is 1.17. The van der Waals surface area contributed by atoms with Gasteiger partial charge in [0.1, 0.15) is 0 Å². The number of esters is 1. The molecule has 0 aromatic heterocycles. The van der Waals surface area contributed by atoms with Gasteiger partial charge in [0.15, 0.2) is 6.61 Å². The minimum absolute atomic E-state index is 0.0844. The van der Waals surface area contributed by atoms with E-state index in [1.54, 1.807) is 38.4 Å². The Morgan fingerprint density at radius 3 is 2.25 bits per heavy atom. The average molecular weight is 278 g/mol. The fourth-order valence-electron chi connectivity index (χ4n) is 1.40. The Balaban J connectivity index is 2.46. The lowest BCUT2D eigenvalue weighted by Gasteiger charge is -2.10. The van der Waals surface area contributed by atoms with E-state index in [2.05, 4.69) is 5.32 Å². The molecule has 0 aliphatic carbocycles. The third kappa shape index (κ3) is 5.51. The zero-order valence-electron chi connectivity index (χ0n) is 11.8. The Kier molecular flexibility index (Phi) is 5.71. The molecule has 0 saturated heterocycles. The molecule has 0 unspecified atom stereocenters. The van der Waals surface area contributed by atoms with Crippen molar-refractivity contribution in [1.82, 2.24) is 4.90 Å². The van der Waals surface area contributed by atoms with Gasteiger partial charge in [-0.2, -0.15) is 0 Å². The quantitative estimate of drug-likeness (QED) is 0.809.